The van der Waals surface area contributed by atoms with E-state index in [1.807, 2.05) is 26.0 Å². The lowest BCUT2D eigenvalue weighted by atomic mass is 10.3. The average molecular weight is 255 g/mol. The van der Waals surface area contributed by atoms with Crippen molar-refractivity contribution in [3.8, 4) is 0 Å². The third-order valence-electron chi connectivity index (χ3n) is 2.37. The van der Waals surface area contributed by atoms with E-state index in [9.17, 15) is 4.79 Å². The molecule has 1 heterocycles. The molecule has 0 saturated heterocycles. The largest absolute Gasteiger partial charge is 0.409 e. The van der Waals surface area contributed by atoms with Crippen LogP contribution in [0.5, 0.6) is 0 Å². The Morgan fingerprint density at radius 2 is 2.24 bits per heavy atom. The van der Waals surface area contributed by atoms with Gasteiger partial charge in [0.1, 0.15) is 0 Å². The second-order valence-electron chi connectivity index (χ2n) is 3.53. The Kier molecular flexibility index (Phi) is 4.96. The predicted octanol–water partition coefficient (Wildman–Crippen LogP) is 1.52. The van der Waals surface area contributed by atoms with Crippen molar-refractivity contribution in [2.45, 2.75) is 20.3 Å². The van der Waals surface area contributed by atoms with Crippen molar-refractivity contribution in [1.29, 1.82) is 0 Å². The Morgan fingerprint density at radius 1 is 1.53 bits per heavy atom. The van der Waals surface area contributed by atoms with Gasteiger partial charge in [0.2, 0.25) is 0 Å². The van der Waals surface area contributed by atoms with Gasteiger partial charge in [0.05, 0.1) is 11.4 Å². The van der Waals surface area contributed by atoms with Crippen LogP contribution in [0.4, 0.5) is 0 Å². The summed E-state index contributed by atoms with van der Waals surface area (Å²) in [6, 6.07) is 3.77. The molecule has 0 bridgehead atoms. The van der Waals surface area contributed by atoms with Crippen molar-refractivity contribution in [3.63, 3.8) is 0 Å². The lowest BCUT2D eigenvalue weighted by Crippen LogP contribution is -2.38. The van der Waals surface area contributed by atoms with Crippen molar-refractivity contribution < 1.29 is 10.0 Å². The number of nitrogens with zero attached hydrogens (tertiary/aromatic N) is 2. The summed E-state index contributed by atoms with van der Waals surface area (Å²) in [6.45, 7) is 4.57. The average Bonchev–Trinajstić information content (AvgIpc) is 2.83. The van der Waals surface area contributed by atoms with Gasteiger partial charge in [0, 0.05) is 11.4 Å². The van der Waals surface area contributed by atoms with E-state index >= 15 is 0 Å². The van der Waals surface area contributed by atoms with Gasteiger partial charge in [-0.25, -0.2) is 0 Å². The number of nitrogens with two attached hydrogens (primary N) is 1. The molecule has 1 aromatic rings. The fraction of sp³-hybridized carbons (Fsp3) is 0.455. The first-order valence-corrected chi connectivity index (χ1v) is 6.28. The van der Waals surface area contributed by atoms with Gasteiger partial charge in [-0.2, -0.15) is 0 Å². The Bertz CT molecular complexity index is 415. The molecule has 0 saturated carbocycles. The van der Waals surface area contributed by atoms with Crippen molar-refractivity contribution in [2.24, 2.45) is 10.9 Å². The van der Waals surface area contributed by atoms with Crippen LogP contribution in [0.1, 0.15) is 28.4 Å². The van der Waals surface area contributed by atoms with E-state index in [4.69, 9.17) is 10.9 Å². The Balaban J connectivity index is 2.78. The molecule has 0 atom stereocenters. The molecule has 0 aromatic carbocycles. The van der Waals surface area contributed by atoms with E-state index in [1.165, 1.54) is 16.2 Å². The van der Waals surface area contributed by atoms with Crippen LogP contribution in [-0.2, 0) is 6.42 Å². The maximum Gasteiger partial charge on any atom is 0.264 e. The molecule has 0 aliphatic carbocycles. The summed E-state index contributed by atoms with van der Waals surface area (Å²) in [5, 5.41) is 11.4. The minimum absolute atomic E-state index is 0.0347. The lowest BCUT2D eigenvalue weighted by Gasteiger charge is -2.18. The standard InChI is InChI=1S/C11H17N3O2S/c1-3-8-5-6-9(17-8)11(15)14(4-2)7-10(12)13-16/h5-6,16H,3-4,7H2,1-2H3,(H2,12,13). The van der Waals surface area contributed by atoms with Gasteiger partial charge in [-0.3, -0.25) is 4.79 Å². The number of amidine groups is 1. The van der Waals surface area contributed by atoms with Crippen molar-refractivity contribution in [1.82, 2.24) is 4.90 Å². The molecule has 17 heavy (non-hydrogen) atoms. The minimum Gasteiger partial charge on any atom is -0.409 e. The maximum absolute atomic E-state index is 12.1. The van der Waals surface area contributed by atoms with Crippen LogP contribution in [0.15, 0.2) is 17.3 Å². The molecule has 3 N–H and O–H groups in total. The maximum atomic E-state index is 12.1. The normalized spacial score (nSPS) is 11.5. The Morgan fingerprint density at radius 3 is 2.71 bits per heavy atom. The number of rotatable bonds is 5. The van der Waals surface area contributed by atoms with Crippen molar-refractivity contribution in [3.05, 3.63) is 21.9 Å². The first kappa shape index (κ1) is 13.5. The number of thiophene rings is 1. The smallest absolute Gasteiger partial charge is 0.264 e. The zero-order valence-corrected chi connectivity index (χ0v) is 10.8. The first-order chi connectivity index (χ1) is 8.12. The number of amides is 1. The van der Waals surface area contributed by atoms with E-state index in [2.05, 4.69) is 5.16 Å². The molecule has 0 spiro atoms. The van der Waals surface area contributed by atoms with Gasteiger partial charge in [-0.1, -0.05) is 12.1 Å². The third-order valence-corrected chi connectivity index (χ3v) is 3.59. The van der Waals surface area contributed by atoms with Crippen molar-refractivity contribution in [2.75, 3.05) is 13.1 Å². The molecule has 1 aromatic heterocycles. The van der Waals surface area contributed by atoms with Gasteiger partial charge in [0.15, 0.2) is 5.84 Å². The van der Waals surface area contributed by atoms with Crippen LogP contribution in [0.3, 0.4) is 0 Å². The predicted molar refractivity (Wildman–Crippen MR) is 68.7 cm³/mol. The number of hydrogen-bond donors (Lipinski definition) is 2. The fourth-order valence-corrected chi connectivity index (χ4v) is 2.31. The molecule has 0 aliphatic heterocycles. The van der Waals surface area contributed by atoms with Gasteiger partial charge in [0.25, 0.3) is 5.91 Å². The molecular formula is C11H17N3O2S. The summed E-state index contributed by atoms with van der Waals surface area (Å²) >= 11 is 1.48. The summed E-state index contributed by atoms with van der Waals surface area (Å²) in [7, 11) is 0. The van der Waals surface area contributed by atoms with E-state index in [0.717, 1.165) is 6.42 Å². The number of aryl methyl sites for hydroxylation is 1. The minimum atomic E-state index is -0.0798. The molecule has 0 radical (unpaired) electrons. The highest BCUT2D eigenvalue weighted by atomic mass is 32.1. The summed E-state index contributed by atoms with van der Waals surface area (Å²) in [5.41, 5.74) is 5.41. The second-order valence-corrected chi connectivity index (χ2v) is 4.70. The molecule has 1 rings (SSSR count). The molecule has 0 fully saturated rings. The highest BCUT2D eigenvalue weighted by molar-refractivity contribution is 7.14. The van der Waals surface area contributed by atoms with Crippen LogP contribution in [0, 0.1) is 0 Å². The Labute approximate surface area is 105 Å². The second kappa shape index (κ2) is 6.24. The summed E-state index contributed by atoms with van der Waals surface area (Å²) in [5.74, 6) is -0.0451. The van der Waals surface area contributed by atoms with Gasteiger partial charge in [-0.05, 0) is 25.5 Å². The highest BCUT2D eigenvalue weighted by Gasteiger charge is 2.17. The molecular weight excluding hydrogens is 238 g/mol. The SMILES string of the molecule is CCc1ccc(C(=O)N(CC)CC(N)=NO)s1. The molecule has 5 nitrogen and oxygen atoms in total. The number of carbonyl (C=O) groups excluding carboxylic acids is 1. The van der Waals surface area contributed by atoms with Crippen LogP contribution in [-0.4, -0.2) is 34.9 Å². The van der Waals surface area contributed by atoms with Crippen LogP contribution >= 0.6 is 11.3 Å². The highest BCUT2D eigenvalue weighted by Crippen LogP contribution is 2.18. The molecule has 6 heteroatoms. The van der Waals surface area contributed by atoms with Crippen molar-refractivity contribution >= 4 is 23.1 Å². The van der Waals surface area contributed by atoms with Crippen LogP contribution in [0.25, 0.3) is 0 Å². The van der Waals surface area contributed by atoms with Crippen LogP contribution in [0.2, 0.25) is 0 Å². The zero-order chi connectivity index (χ0) is 12.8. The number of carbonyl (C=O) groups is 1. The third kappa shape index (κ3) is 3.45. The first-order valence-electron chi connectivity index (χ1n) is 5.46. The fourth-order valence-electron chi connectivity index (χ4n) is 1.39. The number of likely N-dealkylation sites (N-methyl/N-ethyl adjacent to an activating group) is 1. The summed E-state index contributed by atoms with van der Waals surface area (Å²) in [4.78, 5) is 15.5. The van der Waals surface area contributed by atoms with E-state index < -0.39 is 0 Å². The monoisotopic (exact) mass is 255 g/mol. The zero-order valence-electron chi connectivity index (χ0n) is 10.0. The van der Waals surface area contributed by atoms with E-state index in [0.29, 0.717) is 11.4 Å². The molecule has 0 aliphatic rings. The van der Waals surface area contributed by atoms with Gasteiger partial charge in [-0.15, -0.1) is 11.3 Å². The number of oxime groups is 1. The molecule has 0 unspecified atom stereocenters. The summed E-state index contributed by atoms with van der Waals surface area (Å²) < 4.78 is 0. The molecule has 94 valence electrons. The summed E-state index contributed by atoms with van der Waals surface area (Å²) in [6.07, 6.45) is 0.921. The number of hydrogen-bond acceptors (Lipinski definition) is 4. The van der Waals surface area contributed by atoms with E-state index in [1.54, 1.807) is 4.90 Å². The topological polar surface area (TPSA) is 78.9 Å². The Hall–Kier alpha value is -1.56. The van der Waals surface area contributed by atoms with Crippen LogP contribution < -0.4 is 5.73 Å². The van der Waals surface area contributed by atoms with Gasteiger partial charge >= 0.3 is 0 Å². The van der Waals surface area contributed by atoms with Gasteiger partial charge < -0.3 is 15.8 Å². The quantitative estimate of drug-likeness (QED) is 0.362. The molecule has 1 amide bonds. The lowest BCUT2D eigenvalue weighted by molar-refractivity contribution is 0.0791. The van der Waals surface area contributed by atoms with E-state index in [-0.39, 0.29) is 18.3 Å².